The van der Waals surface area contributed by atoms with Crippen LogP contribution in [0, 0.1) is 5.82 Å². The van der Waals surface area contributed by atoms with Crippen molar-refractivity contribution >= 4 is 35.3 Å². The number of aromatic nitrogens is 1. The van der Waals surface area contributed by atoms with Crippen molar-refractivity contribution in [2.24, 2.45) is 5.10 Å². The lowest BCUT2D eigenvalue weighted by Gasteiger charge is -2.04. The Kier molecular flexibility index (Phi) is 5.00. The predicted octanol–water partition coefficient (Wildman–Crippen LogP) is 2.07. The average molecular weight is 341 g/mol. The van der Waals surface area contributed by atoms with Gasteiger partial charge in [0.25, 0.3) is 0 Å². The summed E-state index contributed by atoms with van der Waals surface area (Å²) in [4.78, 5) is 4.41. The van der Waals surface area contributed by atoms with Gasteiger partial charge in [-0.25, -0.2) is 9.37 Å². The highest BCUT2D eigenvalue weighted by Gasteiger charge is 2.15. The van der Waals surface area contributed by atoms with Crippen molar-refractivity contribution in [2.45, 2.75) is 0 Å². The number of nitrogens with one attached hydrogen (secondary N) is 1. The quantitative estimate of drug-likeness (QED) is 0.377. The Hall–Kier alpha value is -2.55. The third-order valence-electron chi connectivity index (χ3n) is 3.26. The summed E-state index contributed by atoms with van der Waals surface area (Å²) in [5.41, 5.74) is 5.04. The van der Waals surface area contributed by atoms with Crippen LogP contribution in [-0.4, -0.2) is 28.4 Å². The van der Waals surface area contributed by atoms with E-state index in [1.165, 1.54) is 29.7 Å². The first kappa shape index (κ1) is 16.3. The lowest BCUT2D eigenvalue weighted by molar-refractivity contribution is 0.425. The smallest absolute Gasteiger partial charge is 0.423 e. The summed E-state index contributed by atoms with van der Waals surface area (Å²) in [5.74, 6) is -0.485. The molecule has 0 atom stereocenters. The van der Waals surface area contributed by atoms with Crippen LogP contribution < -0.4 is 10.9 Å². The molecule has 0 aliphatic carbocycles. The standard InChI is InChI=1S/C16H13BFN3O2S/c18-13-6-7-14(17(22)23)12(8-13)9-19-21-16-20-15(10-24-16)11-4-2-1-3-5-11/h1-10,22-23H,(H,20,21). The summed E-state index contributed by atoms with van der Waals surface area (Å²) in [5, 5.41) is 25.0. The third-order valence-corrected chi connectivity index (χ3v) is 4.01. The van der Waals surface area contributed by atoms with Crippen LogP contribution in [0.1, 0.15) is 5.56 Å². The van der Waals surface area contributed by atoms with Gasteiger partial charge in [0.1, 0.15) is 5.82 Å². The largest absolute Gasteiger partial charge is 0.489 e. The molecule has 3 aromatic rings. The molecule has 5 nitrogen and oxygen atoms in total. The van der Waals surface area contributed by atoms with Crippen molar-refractivity contribution in [1.29, 1.82) is 0 Å². The Balaban J connectivity index is 1.74. The molecule has 1 heterocycles. The van der Waals surface area contributed by atoms with Crippen molar-refractivity contribution in [1.82, 2.24) is 4.98 Å². The molecule has 0 bridgehead atoms. The molecule has 24 heavy (non-hydrogen) atoms. The second kappa shape index (κ2) is 7.35. The number of hydrogen-bond acceptors (Lipinski definition) is 6. The van der Waals surface area contributed by atoms with Crippen LogP contribution in [0.2, 0.25) is 0 Å². The molecule has 0 saturated carbocycles. The van der Waals surface area contributed by atoms with Crippen molar-refractivity contribution in [3.63, 3.8) is 0 Å². The molecule has 0 aliphatic heterocycles. The fraction of sp³-hybridized carbons (Fsp3) is 0. The molecule has 0 unspecified atom stereocenters. The summed E-state index contributed by atoms with van der Waals surface area (Å²) >= 11 is 1.38. The van der Waals surface area contributed by atoms with E-state index in [0.717, 1.165) is 17.3 Å². The van der Waals surface area contributed by atoms with E-state index < -0.39 is 12.9 Å². The topological polar surface area (TPSA) is 77.7 Å². The molecule has 0 saturated heterocycles. The van der Waals surface area contributed by atoms with E-state index in [2.05, 4.69) is 15.5 Å². The first-order valence-electron chi connectivity index (χ1n) is 7.09. The van der Waals surface area contributed by atoms with Gasteiger partial charge in [0.2, 0.25) is 5.13 Å². The van der Waals surface area contributed by atoms with Crippen molar-refractivity contribution in [3.8, 4) is 11.3 Å². The van der Waals surface area contributed by atoms with Crippen LogP contribution in [-0.2, 0) is 0 Å². The van der Waals surface area contributed by atoms with E-state index in [0.29, 0.717) is 5.13 Å². The Bertz CT molecular complexity index is 856. The van der Waals surface area contributed by atoms with Gasteiger partial charge in [-0.2, -0.15) is 5.10 Å². The molecular weight excluding hydrogens is 328 g/mol. The average Bonchev–Trinajstić information content (AvgIpc) is 3.04. The number of benzene rings is 2. The number of nitrogens with zero attached hydrogens (tertiary/aromatic N) is 2. The fourth-order valence-electron chi connectivity index (χ4n) is 2.12. The molecule has 0 spiro atoms. The number of hydrogen-bond donors (Lipinski definition) is 3. The maximum absolute atomic E-state index is 13.3. The Morgan fingerprint density at radius 1 is 1.17 bits per heavy atom. The molecule has 120 valence electrons. The van der Waals surface area contributed by atoms with Gasteiger partial charge in [-0.15, -0.1) is 11.3 Å². The molecule has 0 amide bonds. The maximum atomic E-state index is 13.3. The highest BCUT2D eigenvalue weighted by atomic mass is 32.1. The molecule has 3 rings (SSSR count). The second-order valence-corrected chi connectivity index (χ2v) is 5.78. The number of halogens is 1. The zero-order chi connectivity index (χ0) is 16.9. The van der Waals surface area contributed by atoms with Crippen LogP contribution in [0.15, 0.2) is 59.0 Å². The first-order valence-corrected chi connectivity index (χ1v) is 7.97. The number of rotatable bonds is 5. The van der Waals surface area contributed by atoms with Gasteiger partial charge in [-0.05, 0) is 23.2 Å². The van der Waals surface area contributed by atoms with Crippen molar-refractivity contribution < 1.29 is 14.4 Å². The summed E-state index contributed by atoms with van der Waals surface area (Å²) in [6.45, 7) is 0. The number of anilines is 1. The second-order valence-electron chi connectivity index (χ2n) is 4.92. The normalized spacial score (nSPS) is 11.0. The summed E-state index contributed by atoms with van der Waals surface area (Å²) in [6, 6.07) is 13.4. The molecule has 1 aromatic heterocycles. The number of hydrazone groups is 1. The summed E-state index contributed by atoms with van der Waals surface area (Å²) < 4.78 is 13.3. The van der Waals surface area contributed by atoms with E-state index >= 15 is 0 Å². The highest BCUT2D eigenvalue weighted by molar-refractivity contribution is 7.14. The van der Waals surface area contributed by atoms with Gasteiger partial charge < -0.3 is 10.0 Å². The molecule has 0 fully saturated rings. The minimum Gasteiger partial charge on any atom is -0.423 e. The van der Waals surface area contributed by atoms with Gasteiger partial charge in [-0.1, -0.05) is 36.4 Å². The SMILES string of the molecule is OB(O)c1ccc(F)cc1C=NNc1nc(-c2ccccc2)cs1. The monoisotopic (exact) mass is 341 g/mol. The molecule has 0 aliphatic rings. The maximum Gasteiger partial charge on any atom is 0.489 e. The van der Waals surface area contributed by atoms with Crippen molar-refractivity contribution in [3.05, 3.63) is 65.3 Å². The van der Waals surface area contributed by atoms with Gasteiger partial charge >= 0.3 is 7.12 Å². The molecule has 3 N–H and O–H groups in total. The molecule has 2 aromatic carbocycles. The lowest BCUT2D eigenvalue weighted by Crippen LogP contribution is -2.33. The summed E-state index contributed by atoms with van der Waals surface area (Å²) in [6.07, 6.45) is 1.32. The number of thiazole rings is 1. The van der Waals surface area contributed by atoms with E-state index in [1.807, 2.05) is 35.7 Å². The minimum absolute atomic E-state index is 0.172. The molecular formula is C16H13BFN3O2S. The fourth-order valence-corrected chi connectivity index (χ4v) is 2.78. The first-order chi connectivity index (χ1) is 11.6. The van der Waals surface area contributed by atoms with Crippen molar-refractivity contribution in [2.75, 3.05) is 5.43 Å². The van der Waals surface area contributed by atoms with Gasteiger partial charge in [0.05, 0.1) is 11.9 Å². The molecule has 0 radical (unpaired) electrons. The third kappa shape index (κ3) is 3.86. The van der Waals surface area contributed by atoms with Gasteiger partial charge in [0, 0.05) is 10.9 Å². The van der Waals surface area contributed by atoms with E-state index in [1.54, 1.807) is 0 Å². The van der Waals surface area contributed by atoms with Gasteiger partial charge in [-0.3, -0.25) is 5.43 Å². The lowest BCUT2D eigenvalue weighted by atomic mass is 9.77. The highest BCUT2D eigenvalue weighted by Crippen LogP contribution is 2.24. The van der Waals surface area contributed by atoms with Crippen LogP contribution in [0.5, 0.6) is 0 Å². The van der Waals surface area contributed by atoms with Crippen LogP contribution in [0.3, 0.4) is 0 Å². The Labute approximate surface area is 142 Å². The van der Waals surface area contributed by atoms with Crippen LogP contribution >= 0.6 is 11.3 Å². The summed E-state index contributed by atoms with van der Waals surface area (Å²) in [7, 11) is -1.70. The Morgan fingerprint density at radius 3 is 2.71 bits per heavy atom. The van der Waals surface area contributed by atoms with E-state index in [4.69, 9.17) is 0 Å². The van der Waals surface area contributed by atoms with Gasteiger partial charge in [0.15, 0.2) is 0 Å². The van der Waals surface area contributed by atoms with E-state index in [9.17, 15) is 14.4 Å². The Morgan fingerprint density at radius 2 is 1.96 bits per heavy atom. The zero-order valence-electron chi connectivity index (χ0n) is 12.4. The zero-order valence-corrected chi connectivity index (χ0v) is 13.2. The predicted molar refractivity (Wildman–Crippen MR) is 95.0 cm³/mol. The van der Waals surface area contributed by atoms with Crippen LogP contribution in [0.4, 0.5) is 9.52 Å². The minimum atomic E-state index is -1.70. The van der Waals surface area contributed by atoms with Crippen LogP contribution in [0.25, 0.3) is 11.3 Å². The van der Waals surface area contributed by atoms with E-state index in [-0.39, 0.29) is 11.0 Å². The molecule has 8 heteroatoms.